The molecule has 1 rings (SSSR count). The van der Waals surface area contributed by atoms with Crippen LogP contribution in [0.3, 0.4) is 0 Å². The normalized spacial score (nSPS) is 23.4. The van der Waals surface area contributed by atoms with Crippen molar-refractivity contribution in [3.05, 3.63) is 0 Å². The molecule has 1 unspecified atom stereocenters. The molecule has 0 saturated carbocycles. The Kier molecular flexibility index (Phi) is 3.42. The van der Waals surface area contributed by atoms with E-state index in [9.17, 15) is 0 Å². The van der Waals surface area contributed by atoms with Gasteiger partial charge in [-0.25, -0.2) is 0 Å². The van der Waals surface area contributed by atoms with Gasteiger partial charge in [0.05, 0.1) is 0 Å². The molecule has 1 aliphatic heterocycles. The van der Waals surface area contributed by atoms with E-state index >= 15 is 0 Å². The van der Waals surface area contributed by atoms with Gasteiger partial charge in [-0.15, -0.1) is 0 Å². The van der Waals surface area contributed by atoms with Crippen molar-refractivity contribution < 1.29 is 4.43 Å². The first-order valence-electron chi connectivity index (χ1n) is 4.48. The van der Waals surface area contributed by atoms with Crippen LogP contribution in [0.15, 0.2) is 0 Å². The first-order chi connectivity index (χ1) is 4.83. The third-order valence-corrected chi connectivity index (χ3v) is 5.26. The maximum absolute atomic E-state index is 5.90. The van der Waals surface area contributed by atoms with Gasteiger partial charge in [-0.05, 0) is 25.4 Å². The average Bonchev–Trinajstić information content (AvgIpc) is 2.40. The second-order valence-corrected chi connectivity index (χ2v) is 5.93. The van der Waals surface area contributed by atoms with Crippen LogP contribution in [0, 0.1) is 0 Å². The predicted octanol–water partition coefficient (Wildman–Crippen LogP) is 2.32. The van der Waals surface area contributed by atoms with Gasteiger partial charge in [0.1, 0.15) is 0 Å². The van der Waals surface area contributed by atoms with E-state index in [1.807, 2.05) is 0 Å². The van der Waals surface area contributed by atoms with Gasteiger partial charge in [-0.1, -0.05) is 19.8 Å². The molecular formula is C8H18OSi. The van der Waals surface area contributed by atoms with Gasteiger partial charge in [-0.3, -0.25) is 0 Å². The summed E-state index contributed by atoms with van der Waals surface area (Å²) in [5.74, 6) is 0. The van der Waals surface area contributed by atoms with E-state index in [1.165, 1.54) is 31.4 Å². The zero-order chi connectivity index (χ0) is 7.40. The minimum Gasteiger partial charge on any atom is -0.417 e. The first kappa shape index (κ1) is 8.28. The summed E-state index contributed by atoms with van der Waals surface area (Å²) in [4.78, 5) is 0. The number of rotatable bonds is 3. The lowest BCUT2D eigenvalue weighted by atomic mass is 10.3. The highest BCUT2D eigenvalue weighted by atomic mass is 28.3. The average molecular weight is 158 g/mol. The summed E-state index contributed by atoms with van der Waals surface area (Å²) in [6.45, 7) is 4.40. The van der Waals surface area contributed by atoms with Gasteiger partial charge < -0.3 is 4.43 Å². The Bertz CT molecular complexity index is 89.3. The van der Waals surface area contributed by atoms with Crippen LogP contribution in [0.25, 0.3) is 0 Å². The summed E-state index contributed by atoms with van der Waals surface area (Å²) in [5, 5.41) is 0. The van der Waals surface area contributed by atoms with Crippen LogP contribution in [-0.4, -0.2) is 15.1 Å². The van der Waals surface area contributed by atoms with E-state index < -0.39 is 9.04 Å². The Morgan fingerprint density at radius 2 is 2.00 bits per heavy atom. The molecule has 1 saturated heterocycles. The summed E-state index contributed by atoms with van der Waals surface area (Å²) in [5.41, 5.74) is 0. The van der Waals surface area contributed by atoms with Crippen LogP contribution < -0.4 is 0 Å². The van der Waals surface area contributed by atoms with E-state index in [-0.39, 0.29) is 0 Å². The summed E-state index contributed by atoms with van der Waals surface area (Å²) >= 11 is 0. The molecule has 0 aromatic heterocycles. The Labute approximate surface area is 65.5 Å². The standard InChI is InChI=1S/C8H18OSi/c1-3-8(2)9-10-6-4-5-7-10/h8,10H,3-7H2,1-2H3. The summed E-state index contributed by atoms with van der Waals surface area (Å²) in [6.07, 6.45) is 4.60. The number of hydrogen-bond acceptors (Lipinski definition) is 1. The fourth-order valence-corrected chi connectivity index (χ4v) is 4.35. The Hall–Kier alpha value is 0.177. The SMILES string of the molecule is CCC(C)O[SiH]1CCCC1. The molecular weight excluding hydrogens is 140 g/mol. The molecule has 60 valence electrons. The largest absolute Gasteiger partial charge is 0.417 e. The molecule has 1 nitrogen and oxygen atoms in total. The predicted molar refractivity (Wildman–Crippen MR) is 46.8 cm³/mol. The van der Waals surface area contributed by atoms with Crippen molar-refractivity contribution in [3.8, 4) is 0 Å². The van der Waals surface area contributed by atoms with Crippen LogP contribution in [0.4, 0.5) is 0 Å². The highest BCUT2D eigenvalue weighted by Crippen LogP contribution is 2.21. The number of hydrogen-bond donors (Lipinski definition) is 0. The zero-order valence-electron chi connectivity index (χ0n) is 7.10. The monoisotopic (exact) mass is 158 g/mol. The van der Waals surface area contributed by atoms with E-state index in [0.717, 1.165) is 0 Å². The highest BCUT2D eigenvalue weighted by Gasteiger charge is 2.19. The highest BCUT2D eigenvalue weighted by molar-refractivity contribution is 6.52. The van der Waals surface area contributed by atoms with Crippen LogP contribution in [-0.2, 0) is 4.43 Å². The maximum Gasteiger partial charge on any atom is 0.177 e. The maximum atomic E-state index is 5.90. The smallest absolute Gasteiger partial charge is 0.177 e. The fourth-order valence-electron chi connectivity index (χ4n) is 1.45. The molecule has 10 heavy (non-hydrogen) atoms. The molecule has 0 bridgehead atoms. The molecule has 2 heteroatoms. The van der Waals surface area contributed by atoms with Crippen molar-refractivity contribution >= 4 is 9.04 Å². The molecule has 0 aliphatic carbocycles. The molecule has 1 fully saturated rings. The van der Waals surface area contributed by atoms with Crippen molar-refractivity contribution in [1.82, 2.24) is 0 Å². The van der Waals surface area contributed by atoms with Crippen molar-refractivity contribution in [1.29, 1.82) is 0 Å². The Balaban J connectivity index is 2.11. The van der Waals surface area contributed by atoms with Crippen LogP contribution in [0.5, 0.6) is 0 Å². The molecule has 1 heterocycles. The lowest BCUT2D eigenvalue weighted by molar-refractivity contribution is 0.218. The van der Waals surface area contributed by atoms with Crippen LogP contribution in [0.2, 0.25) is 12.1 Å². The Morgan fingerprint density at radius 1 is 1.40 bits per heavy atom. The van der Waals surface area contributed by atoms with Gasteiger partial charge in [-0.2, -0.15) is 0 Å². The lowest BCUT2D eigenvalue weighted by Gasteiger charge is -2.15. The van der Waals surface area contributed by atoms with Gasteiger partial charge in [0.2, 0.25) is 0 Å². The molecule has 0 spiro atoms. The van der Waals surface area contributed by atoms with E-state index in [2.05, 4.69) is 13.8 Å². The fraction of sp³-hybridized carbons (Fsp3) is 1.00. The van der Waals surface area contributed by atoms with E-state index in [4.69, 9.17) is 4.43 Å². The Morgan fingerprint density at radius 3 is 2.50 bits per heavy atom. The summed E-state index contributed by atoms with van der Waals surface area (Å²) in [6, 6.07) is 2.87. The summed E-state index contributed by atoms with van der Waals surface area (Å²) in [7, 11) is -0.657. The lowest BCUT2D eigenvalue weighted by Crippen LogP contribution is -2.19. The zero-order valence-corrected chi connectivity index (χ0v) is 8.25. The van der Waals surface area contributed by atoms with Gasteiger partial charge >= 0.3 is 0 Å². The molecule has 1 aliphatic rings. The second-order valence-electron chi connectivity index (χ2n) is 3.26. The topological polar surface area (TPSA) is 9.23 Å². The van der Waals surface area contributed by atoms with E-state index in [0.29, 0.717) is 6.10 Å². The van der Waals surface area contributed by atoms with Crippen molar-refractivity contribution in [2.24, 2.45) is 0 Å². The van der Waals surface area contributed by atoms with Crippen LogP contribution in [0.1, 0.15) is 33.1 Å². The van der Waals surface area contributed by atoms with Gasteiger partial charge in [0, 0.05) is 6.10 Å². The van der Waals surface area contributed by atoms with Crippen molar-refractivity contribution in [2.45, 2.75) is 51.3 Å². The van der Waals surface area contributed by atoms with Gasteiger partial charge in [0.25, 0.3) is 0 Å². The second kappa shape index (κ2) is 4.14. The molecule has 0 amide bonds. The first-order valence-corrected chi connectivity index (χ1v) is 6.59. The van der Waals surface area contributed by atoms with Gasteiger partial charge in [0.15, 0.2) is 9.04 Å². The van der Waals surface area contributed by atoms with E-state index in [1.54, 1.807) is 0 Å². The molecule has 0 aromatic carbocycles. The third kappa shape index (κ3) is 2.43. The minimum absolute atomic E-state index is 0.537. The summed E-state index contributed by atoms with van der Waals surface area (Å²) < 4.78 is 5.90. The molecule has 0 N–H and O–H groups in total. The quantitative estimate of drug-likeness (QED) is 0.573. The van der Waals surface area contributed by atoms with Crippen LogP contribution >= 0.6 is 0 Å². The molecule has 0 aromatic rings. The molecule has 0 radical (unpaired) electrons. The van der Waals surface area contributed by atoms with Crippen molar-refractivity contribution in [3.63, 3.8) is 0 Å². The third-order valence-electron chi connectivity index (χ3n) is 2.30. The van der Waals surface area contributed by atoms with Crippen molar-refractivity contribution in [2.75, 3.05) is 0 Å². The minimum atomic E-state index is -0.657. The molecule has 1 atom stereocenters.